The summed E-state index contributed by atoms with van der Waals surface area (Å²) in [7, 11) is 0. The molecule has 3 nitrogen and oxygen atoms in total. The fraction of sp³-hybridized carbons (Fsp3) is 0.500. The lowest BCUT2D eigenvalue weighted by molar-refractivity contribution is -0.159. The molecule has 0 saturated carbocycles. The van der Waals surface area contributed by atoms with Gasteiger partial charge in [-0.15, -0.1) is 0 Å². The number of carbonyl (C=O) groups excluding carboxylic acids is 1. The number of ether oxygens (including phenoxy) is 1. The number of aliphatic hydroxyl groups excluding tert-OH is 1. The van der Waals surface area contributed by atoms with Crippen molar-refractivity contribution in [1.82, 2.24) is 0 Å². The molecule has 94 valence electrons. The average molecular weight is 236 g/mol. The fourth-order valence-corrected chi connectivity index (χ4v) is 1.64. The zero-order valence-corrected chi connectivity index (χ0v) is 10.8. The normalized spacial score (nSPS) is 15.1. The van der Waals surface area contributed by atoms with Crippen LogP contribution in [0.5, 0.6) is 0 Å². The molecule has 0 heterocycles. The first-order valence-electron chi connectivity index (χ1n) is 5.77. The minimum Gasteiger partial charge on any atom is -0.459 e. The molecule has 2 atom stereocenters. The molecule has 0 amide bonds. The highest BCUT2D eigenvalue weighted by Crippen LogP contribution is 2.23. The molecule has 0 spiro atoms. The van der Waals surface area contributed by atoms with Crippen LogP contribution in [0.2, 0.25) is 0 Å². The summed E-state index contributed by atoms with van der Waals surface area (Å²) < 4.78 is 5.32. The molecular weight excluding hydrogens is 216 g/mol. The Labute approximate surface area is 102 Å². The smallest absolute Gasteiger partial charge is 0.316 e. The van der Waals surface area contributed by atoms with Crippen molar-refractivity contribution in [2.75, 3.05) is 0 Å². The van der Waals surface area contributed by atoms with Gasteiger partial charge >= 0.3 is 5.97 Å². The van der Waals surface area contributed by atoms with Crippen molar-refractivity contribution in [3.8, 4) is 0 Å². The van der Waals surface area contributed by atoms with E-state index in [1.165, 1.54) is 0 Å². The molecule has 1 aromatic rings. The average Bonchev–Trinajstić information content (AvgIpc) is 2.15. The number of aliphatic hydroxyl groups is 1. The Hall–Kier alpha value is -1.35. The van der Waals surface area contributed by atoms with Crippen molar-refractivity contribution in [1.29, 1.82) is 0 Å². The minimum atomic E-state index is -0.771. The van der Waals surface area contributed by atoms with E-state index in [4.69, 9.17) is 4.74 Å². The monoisotopic (exact) mass is 236 g/mol. The summed E-state index contributed by atoms with van der Waals surface area (Å²) in [4.78, 5) is 12.0. The highest BCUT2D eigenvalue weighted by atomic mass is 16.6. The van der Waals surface area contributed by atoms with Crippen LogP contribution < -0.4 is 0 Å². The number of rotatable bonds is 3. The maximum Gasteiger partial charge on any atom is 0.316 e. The zero-order chi connectivity index (χ0) is 13.1. The predicted octanol–water partition coefficient (Wildman–Crippen LogP) is 2.49. The van der Waals surface area contributed by atoms with Gasteiger partial charge in [0, 0.05) is 0 Å². The van der Waals surface area contributed by atoms with E-state index in [2.05, 4.69) is 0 Å². The quantitative estimate of drug-likeness (QED) is 0.820. The van der Waals surface area contributed by atoms with Gasteiger partial charge < -0.3 is 9.84 Å². The number of hydrogen-bond donors (Lipinski definition) is 1. The van der Waals surface area contributed by atoms with E-state index in [1.807, 2.05) is 51.1 Å². The highest BCUT2D eigenvalue weighted by Gasteiger charge is 2.30. The van der Waals surface area contributed by atoms with Crippen LogP contribution in [0, 0.1) is 0 Å². The van der Waals surface area contributed by atoms with Gasteiger partial charge in [-0.05, 0) is 33.3 Å². The summed E-state index contributed by atoms with van der Waals surface area (Å²) in [5.41, 5.74) is 0.232. The van der Waals surface area contributed by atoms with Crippen molar-refractivity contribution in [2.24, 2.45) is 0 Å². The summed E-state index contributed by atoms with van der Waals surface area (Å²) in [6.07, 6.45) is -0.771. The molecule has 0 aliphatic heterocycles. The van der Waals surface area contributed by atoms with E-state index < -0.39 is 23.6 Å². The van der Waals surface area contributed by atoms with E-state index >= 15 is 0 Å². The third-order valence-corrected chi connectivity index (χ3v) is 2.30. The number of benzene rings is 1. The Morgan fingerprint density at radius 1 is 1.24 bits per heavy atom. The maximum absolute atomic E-state index is 12.0. The topological polar surface area (TPSA) is 46.5 Å². The van der Waals surface area contributed by atoms with E-state index in [0.29, 0.717) is 0 Å². The van der Waals surface area contributed by atoms with Crippen LogP contribution in [0.15, 0.2) is 30.3 Å². The third kappa shape index (κ3) is 4.19. The summed E-state index contributed by atoms with van der Waals surface area (Å²) in [6, 6.07) is 9.20. The Morgan fingerprint density at radius 3 is 2.18 bits per heavy atom. The minimum absolute atomic E-state index is 0.390. The van der Waals surface area contributed by atoms with Crippen LogP contribution in [0.25, 0.3) is 0 Å². The molecule has 17 heavy (non-hydrogen) atoms. The molecule has 3 heteroatoms. The van der Waals surface area contributed by atoms with E-state index in [0.717, 1.165) is 5.56 Å². The number of carbonyl (C=O) groups is 1. The number of esters is 1. The van der Waals surface area contributed by atoms with E-state index in [-0.39, 0.29) is 0 Å². The van der Waals surface area contributed by atoms with Crippen molar-refractivity contribution in [3.05, 3.63) is 35.9 Å². The van der Waals surface area contributed by atoms with E-state index in [1.54, 1.807) is 6.92 Å². The van der Waals surface area contributed by atoms with E-state index in [9.17, 15) is 9.90 Å². The molecule has 0 fully saturated rings. The van der Waals surface area contributed by atoms with Gasteiger partial charge in [0.05, 0.1) is 6.10 Å². The zero-order valence-electron chi connectivity index (χ0n) is 10.8. The van der Waals surface area contributed by atoms with Gasteiger partial charge in [0.1, 0.15) is 11.5 Å². The Morgan fingerprint density at radius 2 is 1.76 bits per heavy atom. The van der Waals surface area contributed by atoms with Crippen LogP contribution in [0.1, 0.15) is 39.2 Å². The van der Waals surface area contributed by atoms with Crippen LogP contribution in [-0.2, 0) is 9.53 Å². The van der Waals surface area contributed by atoms with Gasteiger partial charge in [0.25, 0.3) is 0 Å². The molecule has 1 N–H and O–H groups in total. The van der Waals surface area contributed by atoms with Gasteiger partial charge in [-0.3, -0.25) is 4.79 Å². The van der Waals surface area contributed by atoms with Gasteiger partial charge in [0.2, 0.25) is 0 Å². The highest BCUT2D eigenvalue weighted by molar-refractivity contribution is 5.79. The fourth-order valence-electron chi connectivity index (χ4n) is 1.64. The number of hydrogen-bond acceptors (Lipinski definition) is 3. The molecule has 0 aliphatic rings. The molecule has 0 radical (unpaired) electrons. The molecule has 2 unspecified atom stereocenters. The molecule has 1 rings (SSSR count). The summed E-state index contributed by atoms with van der Waals surface area (Å²) in [5, 5.41) is 9.73. The van der Waals surface area contributed by atoms with Crippen LogP contribution >= 0.6 is 0 Å². The van der Waals surface area contributed by atoms with Crippen LogP contribution in [0.3, 0.4) is 0 Å². The summed E-state index contributed by atoms with van der Waals surface area (Å²) in [6.45, 7) is 7.04. The Balaban J connectivity index is 2.92. The Kier molecular flexibility index (Phi) is 4.29. The molecular formula is C14H20O3. The molecule has 1 aromatic carbocycles. The van der Waals surface area contributed by atoms with Crippen molar-refractivity contribution < 1.29 is 14.6 Å². The largest absolute Gasteiger partial charge is 0.459 e. The second-order valence-corrected chi connectivity index (χ2v) is 5.16. The maximum atomic E-state index is 12.0. The van der Waals surface area contributed by atoms with Crippen molar-refractivity contribution >= 4 is 5.97 Å². The van der Waals surface area contributed by atoms with Crippen molar-refractivity contribution in [3.63, 3.8) is 0 Å². The van der Waals surface area contributed by atoms with Crippen molar-refractivity contribution in [2.45, 2.75) is 45.3 Å². The SMILES string of the molecule is CC(O)C(C(=O)OC(C)(C)C)c1ccccc1. The Bertz CT molecular complexity index is 363. The molecule has 0 bridgehead atoms. The van der Waals surface area contributed by atoms with Gasteiger partial charge in [-0.1, -0.05) is 30.3 Å². The van der Waals surface area contributed by atoms with Gasteiger partial charge in [-0.2, -0.15) is 0 Å². The summed E-state index contributed by atoms with van der Waals surface area (Å²) >= 11 is 0. The molecule has 0 aliphatic carbocycles. The standard InChI is InChI=1S/C14H20O3/c1-10(15)12(11-8-6-5-7-9-11)13(16)17-14(2,3)4/h5-10,12,15H,1-4H3. The van der Waals surface area contributed by atoms with Gasteiger partial charge in [0.15, 0.2) is 0 Å². The van der Waals surface area contributed by atoms with Crippen LogP contribution in [-0.4, -0.2) is 22.8 Å². The third-order valence-electron chi connectivity index (χ3n) is 2.30. The molecule has 0 aromatic heterocycles. The first-order chi connectivity index (χ1) is 7.81. The first kappa shape index (κ1) is 13.7. The first-order valence-corrected chi connectivity index (χ1v) is 5.77. The van der Waals surface area contributed by atoms with Crippen LogP contribution in [0.4, 0.5) is 0 Å². The second-order valence-electron chi connectivity index (χ2n) is 5.16. The van der Waals surface area contributed by atoms with Gasteiger partial charge in [-0.25, -0.2) is 0 Å². The lowest BCUT2D eigenvalue weighted by Crippen LogP contribution is -2.32. The lowest BCUT2D eigenvalue weighted by atomic mass is 9.94. The molecule has 0 saturated heterocycles. The summed E-state index contributed by atoms with van der Waals surface area (Å²) in [5.74, 6) is -1.02. The predicted molar refractivity (Wildman–Crippen MR) is 66.7 cm³/mol. The second kappa shape index (κ2) is 5.32. The lowest BCUT2D eigenvalue weighted by Gasteiger charge is -2.25.